The molecule has 6 nitrogen and oxygen atoms in total. The van der Waals surface area contributed by atoms with E-state index in [1.165, 1.54) is 4.88 Å². The van der Waals surface area contributed by atoms with Crippen LogP contribution in [0.3, 0.4) is 0 Å². The van der Waals surface area contributed by atoms with E-state index in [1.54, 1.807) is 17.4 Å². The van der Waals surface area contributed by atoms with Gasteiger partial charge in [0.25, 0.3) is 5.91 Å². The Morgan fingerprint density at radius 2 is 2.11 bits per heavy atom. The molecule has 1 atom stereocenters. The lowest BCUT2D eigenvalue weighted by molar-refractivity contribution is -0.116. The molecule has 2 amide bonds. The highest BCUT2D eigenvalue weighted by Crippen LogP contribution is 2.26. The number of aryl methyl sites for hydroxylation is 1. The summed E-state index contributed by atoms with van der Waals surface area (Å²) in [6, 6.07) is 9.81. The first kappa shape index (κ1) is 18.2. The zero-order valence-corrected chi connectivity index (χ0v) is 15.9. The second kappa shape index (κ2) is 8.21. The van der Waals surface area contributed by atoms with Crippen LogP contribution < -0.4 is 10.6 Å². The lowest BCUT2D eigenvalue weighted by atomic mass is 10.00. The number of fused-ring (bicyclic) bond motifs is 1. The molecule has 4 rings (SSSR count). The Labute approximate surface area is 162 Å². The van der Waals surface area contributed by atoms with Gasteiger partial charge in [0.2, 0.25) is 5.91 Å². The van der Waals surface area contributed by atoms with Crippen molar-refractivity contribution in [3.63, 3.8) is 0 Å². The van der Waals surface area contributed by atoms with E-state index in [2.05, 4.69) is 27.0 Å². The summed E-state index contributed by atoms with van der Waals surface area (Å²) < 4.78 is 5.47. The van der Waals surface area contributed by atoms with Gasteiger partial charge in [-0.2, -0.15) is 0 Å². The number of carbonyl (C=O) groups excluding carboxylic acids is 2. The fourth-order valence-corrected chi connectivity index (χ4v) is 4.46. The van der Waals surface area contributed by atoms with E-state index in [9.17, 15) is 9.59 Å². The van der Waals surface area contributed by atoms with E-state index in [-0.39, 0.29) is 17.9 Å². The number of benzene rings is 1. The van der Waals surface area contributed by atoms with Crippen LogP contribution in [-0.2, 0) is 16.0 Å². The third kappa shape index (κ3) is 4.21. The zero-order chi connectivity index (χ0) is 18.6. The van der Waals surface area contributed by atoms with Gasteiger partial charge in [0.15, 0.2) is 0 Å². The monoisotopic (exact) mass is 385 g/mol. The van der Waals surface area contributed by atoms with Crippen molar-refractivity contribution in [3.8, 4) is 0 Å². The first-order valence-corrected chi connectivity index (χ1v) is 10.1. The molecule has 7 heteroatoms. The molecule has 1 aromatic carbocycles. The van der Waals surface area contributed by atoms with Crippen LogP contribution in [0.2, 0.25) is 0 Å². The number of thiophene rings is 1. The third-order valence-electron chi connectivity index (χ3n) is 5.08. The van der Waals surface area contributed by atoms with Crippen molar-refractivity contribution in [2.75, 3.05) is 38.2 Å². The summed E-state index contributed by atoms with van der Waals surface area (Å²) in [7, 11) is 0. The molecule has 0 unspecified atom stereocenters. The summed E-state index contributed by atoms with van der Waals surface area (Å²) in [6.07, 6.45) is 1.14. The number of ether oxygens (including phenoxy) is 1. The summed E-state index contributed by atoms with van der Waals surface area (Å²) in [6.45, 7) is 3.76. The van der Waals surface area contributed by atoms with E-state index in [4.69, 9.17) is 4.74 Å². The SMILES string of the molecule is O=C1CCc2cc(C(=O)NC[C@@H](c3cccs3)N3CCOCC3)ccc2N1. The summed E-state index contributed by atoms with van der Waals surface area (Å²) in [5.74, 6) is -0.0477. The van der Waals surface area contributed by atoms with Gasteiger partial charge in [-0.1, -0.05) is 6.07 Å². The molecule has 3 heterocycles. The number of amides is 2. The number of morpholine rings is 1. The molecule has 0 saturated carbocycles. The molecule has 0 bridgehead atoms. The second-order valence-electron chi connectivity index (χ2n) is 6.81. The molecule has 0 spiro atoms. The lowest BCUT2D eigenvalue weighted by Crippen LogP contribution is -2.43. The number of nitrogens with zero attached hydrogens (tertiary/aromatic N) is 1. The molecule has 0 aliphatic carbocycles. The first-order chi connectivity index (χ1) is 13.2. The van der Waals surface area contributed by atoms with E-state index in [1.807, 2.05) is 18.2 Å². The predicted octanol–water partition coefficient (Wildman–Crippen LogP) is 2.44. The van der Waals surface area contributed by atoms with Crippen LogP contribution in [0.5, 0.6) is 0 Å². The smallest absolute Gasteiger partial charge is 0.251 e. The van der Waals surface area contributed by atoms with Crippen LogP contribution in [0.15, 0.2) is 35.7 Å². The van der Waals surface area contributed by atoms with Crippen LogP contribution in [0.1, 0.15) is 33.3 Å². The topological polar surface area (TPSA) is 70.7 Å². The molecule has 2 aliphatic rings. The average Bonchev–Trinajstić information content (AvgIpc) is 3.23. The standard InChI is InChI=1S/C20H23N3O3S/c24-19-6-4-14-12-15(3-5-16(14)22-19)20(25)21-13-17(18-2-1-11-27-18)23-7-9-26-10-8-23/h1-3,5,11-12,17H,4,6-10,13H2,(H,21,25)(H,22,24)/t17-/m0/s1. The van der Waals surface area contributed by atoms with Crippen molar-refractivity contribution in [2.45, 2.75) is 18.9 Å². The highest BCUT2D eigenvalue weighted by molar-refractivity contribution is 7.10. The molecule has 1 aromatic heterocycles. The third-order valence-corrected chi connectivity index (χ3v) is 6.05. The number of nitrogens with one attached hydrogen (secondary N) is 2. The summed E-state index contributed by atoms with van der Waals surface area (Å²) in [4.78, 5) is 27.8. The highest BCUT2D eigenvalue weighted by Gasteiger charge is 2.24. The Balaban J connectivity index is 1.44. The van der Waals surface area contributed by atoms with Gasteiger partial charge < -0.3 is 15.4 Å². The van der Waals surface area contributed by atoms with Crippen molar-refractivity contribution < 1.29 is 14.3 Å². The van der Waals surface area contributed by atoms with Crippen molar-refractivity contribution in [3.05, 3.63) is 51.7 Å². The molecule has 1 saturated heterocycles. The Bertz CT molecular complexity index is 816. The van der Waals surface area contributed by atoms with Gasteiger partial charge in [0.1, 0.15) is 0 Å². The predicted molar refractivity (Wildman–Crippen MR) is 105 cm³/mol. The Morgan fingerprint density at radius 1 is 1.26 bits per heavy atom. The number of hydrogen-bond donors (Lipinski definition) is 2. The molecule has 1 fully saturated rings. The molecule has 2 aliphatic heterocycles. The Kier molecular flexibility index (Phi) is 5.52. The van der Waals surface area contributed by atoms with Crippen molar-refractivity contribution in [1.29, 1.82) is 0 Å². The summed E-state index contributed by atoms with van der Waals surface area (Å²) in [5, 5.41) is 8.02. The minimum absolute atomic E-state index is 0.0315. The van der Waals surface area contributed by atoms with E-state index in [0.29, 0.717) is 24.9 Å². The van der Waals surface area contributed by atoms with Gasteiger partial charge >= 0.3 is 0 Å². The number of carbonyl (C=O) groups is 2. The summed E-state index contributed by atoms with van der Waals surface area (Å²) in [5.41, 5.74) is 2.47. The number of rotatable bonds is 5. The van der Waals surface area contributed by atoms with E-state index < -0.39 is 0 Å². The minimum Gasteiger partial charge on any atom is -0.379 e. The molecular weight excluding hydrogens is 362 g/mol. The minimum atomic E-state index is -0.0792. The maximum Gasteiger partial charge on any atom is 0.251 e. The van der Waals surface area contributed by atoms with Gasteiger partial charge in [-0.3, -0.25) is 14.5 Å². The van der Waals surface area contributed by atoms with Gasteiger partial charge in [-0.25, -0.2) is 0 Å². The van der Waals surface area contributed by atoms with Gasteiger partial charge in [0, 0.05) is 42.2 Å². The highest BCUT2D eigenvalue weighted by atomic mass is 32.1. The van der Waals surface area contributed by atoms with Crippen LogP contribution in [0.4, 0.5) is 5.69 Å². The van der Waals surface area contributed by atoms with Crippen LogP contribution in [0, 0.1) is 0 Å². The van der Waals surface area contributed by atoms with E-state index >= 15 is 0 Å². The number of hydrogen-bond acceptors (Lipinski definition) is 5. The molecule has 142 valence electrons. The Morgan fingerprint density at radius 3 is 2.89 bits per heavy atom. The lowest BCUT2D eigenvalue weighted by Gasteiger charge is -2.34. The maximum absolute atomic E-state index is 12.7. The van der Waals surface area contributed by atoms with Gasteiger partial charge in [0.05, 0.1) is 19.3 Å². The van der Waals surface area contributed by atoms with Crippen molar-refractivity contribution in [1.82, 2.24) is 10.2 Å². The molecular formula is C20H23N3O3S. The quantitative estimate of drug-likeness (QED) is 0.829. The number of anilines is 1. The fourth-order valence-electron chi connectivity index (χ4n) is 3.60. The molecule has 27 heavy (non-hydrogen) atoms. The summed E-state index contributed by atoms with van der Waals surface area (Å²) >= 11 is 1.72. The normalized spacial score (nSPS) is 18.4. The largest absolute Gasteiger partial charge is 0.379 e. The van der Waals surface area contributed by atoms with Gasteiger partial charge in [-0.15, -0.1) is 11.3 Å². The molecule has 2 N–H and O–H groups in total. The zero-order valence-electron chi connectivity index (χ0n) is 15.1. The van der Waals surface area contributed by atoms with Crippen LogP contribution >= 0.6 is 11.3 Å². The molecule has 2 aromatic rings. The van der Waals surface area contributed by atoms with Gasteiger partial charge in [-0.05, 0) is 41.6 Å². The molecule has 0 radical (unpaired) electrons. The first-order valence-electron chi connectivity index (χ1n) is 9.27. The van der Waals surface area contributed by atoms with E-state index in [0.717, 1.165) is 37.6 Å². The average molecular weight is 385 g/mol. The van der Waals surface area contributed by atoms with Crippen LogP contribution in [-0.4, -0.2) is 49.6 Å². The second-order valence-corrected chi connectivity index (χ2v) is 7.79. The Hall–Kier alpha value is -2.22. The van der Waals surface area contributed by atoms with Crippen LogP contribution in [0.25, 0.3) is 0 Å². The fraction of sp³-hybridized carbons (Fsp3) is 0.400. The van der Waals surface area contributed by atoms with Crippen molar-refractivity contribution >= 4 is 28.8 Å². The maximum atomic E-state index is 12.7. The van der Waals surface area contributed by atoms with Crippen molar-refractivity contribution in [2.24, 2.45) is 0 Å².